The molecule has 1 saturated heterocycles. The highest BCUT2D eigenvalue weighted by Gasteiger charge is 2.24. The molecule has 1 aliphatic heterocycles. The Morgan fingerprint density at radius 1 is 1.10 bits per heavy atom. The zero-order valence-electron chi connectivity index (χ0n) is 13.3. The van der Waals surface area contributed by atoms with E-state index in [1.54, 1.807) is 0 Å². The molecule has 0 saturated carbocycles. The van der Waals surface area contributed by atoms with Gasteiger partial charge in [-0.25, -0.2) is 0 Å². The molecule has 0 aromatic heterocycles. The summed E-state index contributed by atoms with van der Waals surface area (Å²) >= 11 is 0. The molecule has 1 aromatic carbocycles. The van der Waals surface area contributed by atoms with Crippen molar-refractivity contribution in [1.82, 2.24) is 4.90 Å². The summed E-state index contributed by atoms with van der Waals surface area (Å²) in [5.74, 6) is -0.188. The van der Waals surface area contributed by atoms with E-state index in [-0.39, 0.29) is 11.8 Å². The zero-order chi connectivity index (χ0) is 15.5. The molecule has 114 valence electrons. The summed E-state index contributed by atoms with van der Waals surface area (Å²) in [5, 5.41) is 0. The SMILES string of the molecule is C[N+](C)(C)Cc1ccc(C(=O)N2CCCCCC2=O)cc1. The van der Waals surface area contributed by atoms with Gasteiger partial charge in [0, 0.05) is 24.1 Å². The molecule has 1 heterocycles. The molecule has 0 radical (unpaired) electrons. The number of hydrogen-bond acceptors (Lipinski definition) is 2. The third-order valence-corrected chi connectivity index (χ3v) is 3.68. The maximum atomic E-state index is 12.5. The topological polar surface area (TPSA) is 37.4 Å². The second-order valence-electron chi connectivity index (χ2n) is 6.81. The van der Waals surface area contributed by atoms with E-state index in [0.29, 0.717) is 18.5 Å². The number of carbonyl (C=O) groups is 2. The summed E-state index contributed by atoms with van der Waals surface area (Å²) in [7, 11) is 6.40. The Bertz CT molecular complexity index is 515. The number of likely N-dealkylation sites (tertiary alicyclic amines) is 1. The predicted molar refractivity (Wildman–Crippen MR) is 82.7 cm³/mol. The molecule has 4 heteroatoms. The zero-order valence-corrected chi connectivity index (χ0v) is 13.3. The summed E-state index contributed by atoms with van der Waals surface area (Å²) in [6.07, 6.45) is 3.32. The monoisotopic (exact) mass is 289 g/mol. The van der Waals surface area contributed by atoms with Gasteiger partial charge in [-0.3, -0.25) is 14.5 Å². The van der Waals surface area contributed by atoms with E-state index in [2.05, 4.69) is 21.1 Å². The Kier molecular flexibility index (Phi) is 4.78. The van der Waals surface area contributed by atoms with Crippen LogP contribution in [0.5, 0.6) is 0 Å². The second-order valence-corrected chi connectivity index (χ2v) is 6.81. The fourth-order valence-electron chi connectivity index (χ4n) is 2.65. The van der Waals surface area contributed by atoms with Crippen LogP contribution < -0.4 is 0 Å². The van der Waals surface area contributed by atoms with Crippen LogP contribution in [-0.2, 0) is 11.3 Å². The molecule has 0 aliphatic carbocycles. The van der Waals surface area contributed by atoms with Crippen molar-refractivity contribution < 1.29 is 14.1 Å². The molecule has 1 fully saturated rings. The van der Waals surface area contributed by atoms with E-state index in [1.165, 1.54) is 10.5 Å². The maximum absolute atomic E-state index is 12.5. The third-order valence-electron chi connectivity index (χ3n) is 3.68. The Morgan fingerprint density at radius 3 is 2.38 bits per heavy atom. The van der Waals surface area contributed by atoms with Crippen molar-refractivity contribution in [2.45, 2.75) is 32.2 Å². The van der Waals surface area contributed by atoms with E-state index < -0.39 is 0 Å². The predicted octanol–water partition coefficient (Wildman–Crippen LogP) is 2.44. The van der Waals surface area contributed by atoms with Crippen molar-refractivity contribution in [3.05, 3.63) is 35.4 Å². The summed E-state index contributed by atoms with van der Waals surface area (Å²) in [6, 6.07) is 7.65. The fraction of sp³-hybridized carbons (Fsp3) is 0.529. The summed E-state index contributed by atoms with van der Waals surface area (Å²) in [4.78, 5) is 25.9. The molecule has 0 spiro atoms. The van der Waals surface area contributed by atoms with E-state index in [4.69, 9.17) is 0 Å². The van der Waals surface area contributed by atoms with Crippen LogP contribution in [0.3, 0.4) is 0 Å². The highest BCUT2D eigenvalue weighted by Crippen LogP contribution is 2.16. The molecule has 1 aromatic rings. The Morgan fingerprint density at radius 2 is 1.76 bits per heavy atom. The van der Waals surface area contributed by atoms with Gasteiger partial charge in [0.15, 0.2) is 0 Å². The quantitative estimate of drug-likeness (QED) is 0.633. The Hall–Kier alpha value is -1.68. The number of rotatable bonds is 3. The molecule has 0 atom stereocenters. The van der Waals surface area contributed by atoms with Crippen molar-refractivity contribution in [1.29, 1.82) is 0 Å². The number of amides is 2. The van der Waals surface area contributed by atoms with Gasteiger partial charge in [-0.05, 0) is 25.0 Å². The lowest BCUT2D eigenvalue weighted by Crippen LogP contribution is -2.36. The van der Waals surface area contributed by atoms with Gasteiger partial charge in [-0.15, -0.1) is 0 Å². The smallest absolute Gasteiger partial charge is 0.260 e. The first-order chi connectivity index (χ1) is 9.87. The third kappa shape index (κ3) is 4.39. The van der Waals surface area contributed by atoms with Crippen molar-refractivity contribution in [2.75, 3.05) is 27.7 Å². The molecular weight excluding hydrogens is 264 g/mol. The number of imide groups is 1. The highest BCUT2D eigenvalue weighted by atomic mass is 16.2. The van der Waals surface area contributed by atoms with Crippen LogP contribution in [0.4, 0.5) is 0 Å². The van der Waals surface area contributed by atoms with Gasteiger partial charge in [-0.2, -0.15) is 0 Å². The number of nitrogens with zero attached hydrogens (tertiary/aromatic N) is 2. The van der Waals surface area contributed by atoms with E-state index in [0.717, 1.165) is 30.3 Å². The molecule has 0 N–H and O–H groups in total. The van der Waals surface area contributed by atoms with Crippen LogP contribution in [0.25, 0.3) is 0 Å². The number of quaternary nitrogens is 1. The molecule has 2 rings (SSSR count). The number of carbonyl (C=O) groups excluding carboxylic acids is 2. The summed E-state index contributed by atoms with van der Waals surface area (Å²) < 4.78 is 0.845. The lowest BCUT2D eigenvalue weighted by Gasteiger charge is -2.24. The summed E-state index contributed by atoms with van der Waals surface area (Å²) in [6.45, 7) is 1.47. The van der Waals surface area contributed by atoms with E-state index in [1.807, 2.05) is 24.3 Å². The average Bonchev–Trinajstić information content (AvgIpc) is 2.62. The first-order valence-electron chi connectivity index (χ1n) is 7.61. The van der Waals surface area contributed by atoms with Crippen LogP contribution in [0.15, 0.2) is 24.3 Å². The van der Waals surface area contributed by atoms with Crippen LogP contribution >= 0.6 is 0 Å². The molecule has 0 unspecified atom stereocenters. The van der Waals surface area contributed by atoms with Crippen molar-refractivity contribution in [3.63, 3.8) is 0 Å². The second kappa shape index (κ2) is 6.39. The van der Waals surface area contributed by atoms with Crippen molar-refractivity contribution in [2.24, 2.45) is 0 Å². The van der Waals surface area contributed by atoms with E-state index >= 15 is 0 Å². The van der Waals surface area contributed by atoms with Gasteiger partial charge in [0.25, 0.3) is 5.91 Å². The minimum atomic E-state index is -0.154. The van der Waals surface area contributed by atoms with Gasteiger partial charge in [0.05, 0.1) is 21.1 Å². The van der Waals surface area contributed by atoms with Gasteiger partial charge >= 0.3 is 0 Å². The number of hydrogen-bond donors (Lipinski definition) is 0. The largest absolute Gasteiger partial charge is 0.327 e. The summed E-state index contributed by atoms with van der Waals surface area (Å²) in [5.41, 5.74) is 1.80. The normalized spacial score (nSPS) is 16.7. The van der Waals surface area contributed by atoms with E-state index in [9.17, 15) is 9.59 Å². The van der Waals surface area contributed by atoms with Gasteiger partial charge in [-0.1, -0.05) is 18.6 Å². The fourth-order valence-corrected chi connectivity index (χ4v) is 2.65. The average molecular weight is 289 g/mol. The van der Waals surface area contributed by atoms with Crippen molar-refractivity contribution in [3.8, 4) is 0 Å². The van der Waals surface area contributed by atoms with Crippen LogP contribution in [-0.4, -0.2) is 48.9 Å². The molecule has 0 bridgehead atoms. The molecule has 4 nitrogen and oxygen atoms in total. The Balaban J connectivity index is 2.10. The van der Waals surface area contributed by atoms with Crippen LogP contribution in [0, 0.1) is 0 Å². The standard InChI is InChI=1S/C17H25N2O2/c1-19(2,3)13-14-8-10-15(11-9-14)17(21)18-12-6-4-5-7-16(18)20/h8-11H,4-7,12-13H2,1-3H3/q+1. The first-order valence-corrected chi connectivity index (χ1v) is 7.61. The highest BCUT2D eigenvalue weighted by molar-refractivity contribution is 6.04. The van der Waals surface area contributed by atoms with Gasteiger partial charge in [0.2, 0.25) is 5.91 Å². The molecule has 1 aliphatic rings. The van der Waals surface area contributed by atoms with Crippen LogP contribution in [0.2, 0.25) is 0 Å². The van der Waals surface area contributed by atoms with Gasteiger partial charge in [0.1, 0.15) is 6.54 Å². The number of benzene rings is 1. The minimum absolute atomic E-state index is 0.0343. The molecular formula is C17H25N2O2+. The molecule has 2 amide bonds. The lowest BCUT2D eigenvalue weighted by molar-refractivity contribution is -0.884. The first kappa shape index (κ1) is 15.7. The van der Waals surface area contributed by atoms with Crippen LogP contribution in [0.1, 0.15) is 41.6 Å². The van der Waals surface area contributed by atoms with Crippen molar-refractivity contribution >= 4 is 11.8 Å². The minimum Gasteiger partial charge on any atom is -0.327 e. The Labute approximate surface area is 126 Å². The lowest BCUT2D eigenvalue weighted by atomic mass is 10.1. The maximum Gasteiger partial charge on any atom is 0.260 e. The van der Waals surface area contributed by atoms with Gasteiger partial charge < -0.3 is 4.48 Å². The molecule has 21 heavy (non-hydrogen) atoms.